The Morgan fingerprint density at radius 2 is 1.57 bits per heavy atom. The molecule has 14 heteroatoms. The van der Waals surface area contributed by atoms with Gasteiger partial charge in [-0.05, 0) is 89.8 Å². The lowest BCUT2D eigenvalue weighted by molar-refractivity contribution is -0.274. The fourth-order valence-corrected chi connectivity index (χ4v) is 7.31. The quantitative estimate of drug-likeness (QED) is 0.150. The highest BCUT2D eigenvalue weighted by Crippen LogP contribution is 2.74. The number of carbonyl (C=O) groups excluding carboxylic acids is 2. The van der Waals surface area contributed by atoms with Gasteiger partial charge in [0.1, 0.15) is 15.5 Å². The van der Waals surface area contributed by atoms with Crippen molar-refractivity contribution in [3.8, 4) is 5.75 Å². The van der Waals surface area contributed by atoms with Gasteiger partial charge in [0, 0.05) is 33.9 Å². The third kappa shape index (κ3) is 6.71. The predicted molar refractivity (Wildman–Crippen MR) is 176 cm³/mol. The van der Waals surface area contributed by atoms with E-state index in [2.05, 4.69) is 15.4 Å². The summed E-state index contributed by atoms with van der Waals surface area (Å²) in [6.07, 6.45) is -4.76. The first-order valence-corrected chi connectivity index (χ1v) is 15.4. The number of alkyl halides is 5. The van der Waals surface area contributed by atoms with Gasteiger partial charge in [0.25, 0.3) is 5.91 Å². The molecule has 4 aromatic rings. The van der Waals surface area contributed by atoms with Gasteiger partial charge < -0.3 is 21.1 Å². The molecule has 0 heterocycles. The summed E-state index contributed by atoms with van der Waals surface area (Å²) >= 11 is 32.3. The van der Waals surface area contributed by atoms with Crippen LogP contribution in [0.1, 0.15) is 38.5 Å². The molecule has 4 N–H and O–H groups in total. The van der Waals surface area contributed by atoms with Crippen LogP contribution in [0.2, 0.25) is 15.1 Å². The second-order valence-electron chi connectivity index (χ2n) is 10.7. The Morgan fingerprint density at radius 1 is 0.913 bits per heavy atom. The van der Waals surface area contributed by atoms with Gasteiger partial charge in [0.05, 0.1) is 10.6 Å². The maximum absolute atomic E-state index is 13.5. The van der Waals surface area contributed by atoms with E-state index in [-0.39, 0.29) is 21.9 Å². The van der Waals surface area contributed by atoms with E-state index in [0.29, 0.717) is 39.1 Å². The molecule has 0 aromatic heterocycles. The molecule has 4 aromatic carbocycles. The number of halogens is 8. The van der Waals surface area contributed by atoms with Gasteiger partial charge in [-0.25, -0.2) is 0 Å². The topological polar surface area (TPSA) is 93.4 Å². The monoisotopic (exact) mass is 729 g/mol. The smallest absolute Gasteiger partial charge is 0.406 e. The van der Waals surface area contributed by atoms with E-state index in [1.807, 2.05) is 0 Å². The Balaban J connectivity index is 1.33. The molecular weight excluding hydrogens is 709 g/mol. The molecule has 1 saturated carbocycles. The zero-order valence-electron chi connectivity index (χ0n) is 23.6. The minimum atomic E-state index is -4.76. The number of nitrogens with two attached hydrogens (primary N) is 1. The lowest BCUT2D eigenvalue weighted by Crippen LogP contribution is -2.34. The highest BCUT2D eigenvalue weighted by atomic mass is 35.5. The van der Waals surface area contributed by atoms with Crippen LogP contribution < -0.4 is 21.1 Å². The van der Waals surface area contributed by atoms with Crippen LogP contribution >= 0.6 is 58.0 Å². The summed E-state index contributed by atoms with van der Waals surface area (Å²) in [5.74, 6) is -2.50. The van der Waals surface area contributed by atoms with Crippen LogP contribution in [0.5, 0.6) is 5.75 Å². The van der Waals surface area contributed by atoms with E-state index in [4.69, 9.17) is 63.7 Å². The molecule has 0 radical (unpaired) electrons. The number of benzene rings is 4. The number of primary amides is 1. The molecule has 0 spiro atoms. The van der Waals surface area contributed by atoms with Crippen molar-refractivity contribution in [3.63, 3.8) is 0 Å². The molecule has 1 fully saturated rings. The fraction of sp³-hybridized carbons (Fsp3) is 0.188. The number of anilines is 2. The third-order valence-electron chi connectivity index (χ3n) is 7.64. The van der Waals surface area contributed by atoms with E-state index in [1.54, 1.807) is 37.3 Å². The molecular formula is C32H23Cl5F3N3O3. The van der Waals surface area contributed by atoms with Crippen molar-refractivity contribution in [2.45, 2.75) is 35.5 Å². The van der Waals surface area contributed by atoms with Gasteiger partial charge in [-0.15, -0.1) is 13.2 Å². The van der Waals surface area contributed by atoms with Crippen molar-refractivity contribution in [3.05, 3.63) is 122 Å². The van der Waals surface area contributed by atoms with Gasteiger partial charge in [-0.2, -0.15) is 0 Å². The Hall–Kier alpha value is -3.34. The summed E-state index contributed by atoms with van der Waals surface area (Å²) in [6.45, 7) is 2.11. The summed E-state index contributed by atoms with van der Waals surface area (Å²) in [4.78, 5) is 26.5. The zero-order chi connectivity index (χ0) is 33.6. The number of carbonyl (C=O) groups is 2. The molecule has 46 heavy (non-hydrogen) atoms. The summed E-state index contributed by atoms with van der Waals surface area (Å²) in [5, 5.41) is 6.76. The number of hydrogen-bond acceptors (Lipinski definition) is 4. The highest BCUT2D eigenvalue weighted by molar-refractivity contribution is 6.55. The number of ether oxygens (including phenoxy) is 1. The van der Waals surface area contributed by atoms with Gasteiger partial charge in [-0.1, -0.05) is 76.2 Å². The van der Waals surface area contributed by atoms with Crippen molar-refractivity contribution in [1.29, 1.82) is 0 Å². The molecule has 6 nitrogen and oxygen atoms in total. The predicted octanol–water partition coefficient (Wildman–Crippen LogP) is 9.41. The van der Waals surface area contributed by atoms with E-state index in [9.17, 15) is 22.8 Å². The maximum atomic E-state index is 13.5. The summed E-state index contributed by atoms with van der Waals surface area (Å²) < 4.78 is 39.4. The Bertz CT molecular complexity index is 1820. The fourth-order valence-electron chi connectivity index (χ4n) is 5.47. The molecule has 240 valence electrons. The third-order valence-corrected chi connectivity index (χ3v) is 9.44. The molecule has 2 atom stereocenters. The van der Waals surface area contributed by atoms with Gasteiger partial charge in [-0.3, -0.25) is 9.59 Å². The SMILES string of the molecule is Cc1cc(NCc2ccc(OC(F)(F)F)cc2)ccc1NC(=O)c1cc(C2(C(N)=O)C(c3cc(Cl)cc(Cl)c3)C2(Cl)Cl)ccc1Cl. The van der Waals surface area contributed by atoms with Crippen LogP contribution in [0, 0.1) is 6.92 Å². The van der Waals surface area contributed by atoms with Gasteiger partial charge in [0.15, 0.2) is 0 Å². The highest BCUT2D eigenvalue weighted by Gasteiger charge is 2.80. The number of amides is 2. The zero-order valence-corrected chi connectivity index (χ0v) is 27.4. The number of nitrogens with one attached hydrogen (secondary N) is 2. The van der Waals surface area contributed by atoms with Crippen molar-refractivity contribution >= 4 is 81.2 Å². The average molecular weight is 732 g/mol. The maximum Gasteiger partial charge on any atom is 0.573 e. The molecule has 1 aliphatic carbocycles. The number of hydrogen-bond donors (Lipinski definition) is 3. The largest absolute Gasteiger partial charge is 0.573 e. The second-order valence-corrected chi connectivity index (χ2v) is 13.3. The van der Waals surface area contributed by atoms with Crippen LogP contribution in [0.3, 0.4) is 0 Å². The van der Waals surface area contributed by atoms with E-state index < -0.39 is 33.8 Å². The average Bonchev–Trinajstić information content (AvgIpc) is 3.50. The van der Waals surface area contributed by atoms with E-state index in [0.717, 1.165) is 5.56 Å². The molecule has 1 aliphatic rings. The van der Waals surface area contributed by atoms with Crippen LogP contribution in [-0.2, 0) is 16.8 Å². The standard InChI is InChI=1S/C32H23Cl5F3N3O3/c1-16-10-22(42-15-17-2-6-23(7-3-17)46-32(38,39)40)5-9-26(16)43-28(44)24-13-19(4-8-25(24)35)30(29(41)45)27(31(30,36)37)18-11-20(33)14-21(34)12-18/h2-14,27,42H,15H2,1H3,(H2,41,45)(H,43,44). The molecule has 2 amide bonds. The summed E-state index contributed by atoms with van der Waals surface area (Å²) in [6, 6.07) is 19.8. The Morgan fingerprint density at radius 3 is 2.15 bits per heavy atom. The van der Waals surface area contributed by atoms with E-state index >= 15 is 0 Å². The second kappa shape index (κ2) is 12.7. The van der Waals surface area contributed by atoms with Crippen molar-refractivity contribution in [2.24, 2.45) is 5.73 Å². The molecule has 0 saturated heterocycles. The number of aryl methyl sites for hydroxylation is 1. The van der Waals surface area contributed by atoms with Crippen LogP contribution in [0.25, 0.3) is 0 Å². The normalized spacial score (nSPS) is 18.5. The first-order valence-electron chi connectivity index (χ1n) is 13.5. The molecule has 0 aliphatic heterocycles. The Kier molecular flexibility index (Phi) is 9.38. The minimum absolute atomic E-state index is 0.0539. The van der Waals surface area contributed by atoms with Crippen LogP contribution in [0.15, 0.2) is 78.9 Å². The van der Waals surface area contributed by atoms with Crippen molar-refractivity contribution < 1.29 is 27.5 Å². The Labute approximate surface area is 286 Å². The summed E-state index contributed by atoms with van der Waals surface area (Å²) in [5.41, 5.74) is 7.74. The lowest BCUT2D eigenvalue weighted by Gasteiger charge is -2.18. The molecule has 0 bridgehead atoms. The first kappa shape index (κ1) is 34.0. The van der Waals surface area contributed by atoms with Crippen molar-refractivity contribution in [2.75, 3.05) is 10.6 Å². The van der Waals surface area contributed by atoms with E-state index in [1.165, 1.54) is 48.5 Å². The first-order chi connectivity index (χ1) is 21.5. The molecule has 2 unspecified atom stereocenters. The number of rotatable bonds is 9. The van der Waals surface area contributed by atoms with Gasteiger partial charge in [0.2, 0.25) is 5.91 Å². The lowest BCUT2D eigenvalue weighted by atomic mass is 9.88. The van der Waals surface area contributed by atoms with Crippen LogP contribution in [-0.4, -0.2) is 22.5 Å². The van der Waals surface area contributed by atoms with Gasteiger partial charge >= 0.3 is 6.36 Å². The van der Waals surface area contributed by atoms with Crippen LogP contribution in [0.4, 0.5) is 24.5 Å². The molecule has 5 rings (SSSR count). The summed E-state index contributed by atoms with van der Waals surface area (Å²) in [7, 11) is 0. The minimum Gasteiger partial charge on any atom is -0.406 e. The van der Waals surface area contributed by atoms with Crippen molar-refractivity contribution in [1.82, 2.24) is 0 Å².